The van der Waals surface area contributed by atoms with Crippen LogP contribution in [0.3, 0.4) is 0 Å². The molecule has 2 aromatic rings. The Balaban J connectivity index is 1.34. The van der Waals surface area contributed by atoms with Gasteiger partial charge in [-0.1, -0.05) is 23.3 Å². The number of para-hydroxylation sites is 1. The van der Waals surface area contributed by atoms with E-state index in [0.29, 0.717) is 25.6 Å². The van der Waals surface area contributed by atoms with Crippen LogP contribution in [0, 0.1) is 5.92 Å². The quantitative estimate of drug-likeness (QED) is 0.612. The van der Waals surface area contributed by atoms with E-state index in [-0.39, 0.29) is 23.8 Å². The molecule has 2 atom stereocenters. The molecular weight excluding hydrogens is 410 g/mol. The molecule has 0 radical (unpaired) electrons. The number of piperidine rings is 1. The van der Waals surface area contributed by atoms with Crippen molar-refractivity contribution in [2.24, 2.45) is 5.92 Å². The Morgan fingerprint density at radius 3 is 2.59 bits per heavy atom. The van der Waals surface area contributed by atoms with Crippen molar-refractivity contribution >= 4 is 17.8 Å². The molecule has 0 bridgehead atoms. The van der Waals surface area contributed by atoms with Crippen molar-refractivity contribution in [1.82, 2.24) is 30.0 Å². The maximum absolute atomic E-state index is 13.2. The highest BCUT2D eigenvalue weighted by Gasteiger charge is 2.34. The van der Waals surface area contributed by atoms with Crippen LogP contribution in [0.25, 0.3) is 5.69 Å². The van der Waals surface area contributed by atoms with E-state index in [2.05, 4.69) is 25.3 Å². The molecule has 4 rings (SSSR count). The summed E-state index contributed by atoms with van der Waals surface area (Å²) in [4.78, 5) is 31.5. The van der Waals surface area contributed by atoms with E-state index in [9.17, 15) is 9.59 Å². The molecule has 2 fully saturated rings. The Bertz CT molecular complexity index is 911. The van der Waals surface area contributed by atoms with Gasteiger partial charge in [-0.15, -0.1) is 0 Å². The Kier molecular flexibility index (Phi) is 6.99. The molecule has 1 amide bonds. The molecule has 0 aliphatic carbocycles. The average Bonchev–Trinajstić information content (AvgIpc) is 3.34. The summed E-state index contributed by atoms with van der Waals surface area (Å²) in [6.07, 6.45) is 1.61. The van der Waals surface area contributed by atoms with E-state index in [4.69, 9.17) is 4.74 Å². The minimum atomic E-state index is -0.233. The number of carbonyl (C=O) groups is 2. The fourth-order valence-electron chi connectivity index (χ4n) is 4.48. The normalized spacial score (nSPS) is 20.8. The number of tetrazole rings is 1. The lowest BCUT2D eigenvalue weighted by Crippen LogP contribution is -2.56. The van der Waals surface area contributed by atoms with Gasteiger partial charge in [0.1, 0.15) is 0 Å². The Labute approximate surface area is 188 Å². The van der Waals surface area contributed by atoms with Crippen molar-refractivity contribution in [2.45, 2.75) is 32.7 Å². The summed E-state index contributed by atoms with van der Waals surface area (Å²) in [6, 6.07) is 9.58. The highest BCUT2D eigenvalue weighted by Crippen LogP contribution is 2.21. The third-order valence-electron chi connectivity index (χ3n) is 6.31. The number of ether oxygens (including phenoxy) is 1. The number of amides is 1. The predicted molar refractivity (Wildman–Crippen MR) is 118 cm³/mol. The van der Waals surface area contributed by atoms with Gasteiger partial charge in [-0.05, 0) is 49.2 Å². The Hall–Kier alpha value is -3.01. The lowest BCUT2D eigenvalue weighted by atomic mass is 9.97. The third-order valence-corrected chi connectivity index (χ3v) is 6.31. The van der Waals surface area contributed by atoms with Crippen molar-refractivity contribution in [3.63, 3.8) is 0 Å². The van der Waals surface area contributed by atoms with Gasteiger partial charge in [0.15, 0.2) is 0 Å². The van der Waals surface area contributed by atoms with Crippen molar-refractivity contribution in [1.29, 1.82) is 0 Å². The fraction of sp³-hybridized carbons (Fsp3) is 0.591. The highest BCUT2D eigenvalue weighted by molar-refractivity contribution is 5.82. The van der Waals surface area contributed by atoms with E-state index in [1.165, 1.54) is 0 Å². The number of benzene rings is 1. The second-order valence-corrected chi connectivity index (χ2v) is 8.30. The number of piperazine rings is 1. The smallest absolute Gasteiger partial charge is 0.310 e. The summed E-state index contributed by atoms with van der Waals surface area (Å²) in [5, 5.41) is 12.2. The van der Waals surface area contributed by atoms with Crippen LogP contribution in [0.15, 0.2) is 30.3 Å². The van der Waals surface area contributed by atoms with Crippen molar-refractivity contribution in [2.75, 3.05) is 50.8 Å². The van der Waals surface area contributed by atoms with Crippen LogP contribution in [-0.4, -0.2) is 93.8 Å². The zero-order valence-corrected chi connectivity index (χ0v) is 18.8. The van der Waals surface area contributed by atoms with Crippen molar-refractivity contribution < 1.29 is 14.3 Å². The number of hydrogen-bond acceptors (Lipinski definition) is 8. The summed E-state index contributed by atoms with van der Waals surface area (Å²) in [7, 11) is 0. The van der Waals surface area contributed by atoms with Crippen molar-refractivity contribution in [3.8, 4) is 5.69 Å². The zero-order chi connectivity index (χ0) is 22.5. The van der Waals surface area contributed by atoms with Gasteiger partial charge in [-0.3, -0.25) is 14.5 Å². The predicted octanol–water partition coefficient (Wildman–Crippen LogP) is 0.975. The van der Waals surface area contributed by atoms with Gasteiger partial charge >= 0.3 is 5.97 Å². The van der Waals surface area contributed by atoms with Gasteiger partial charge in [-0.2, -0.15) is 4.68 Å². The monoisotopic (exact) mass is 441 g/mol. The Morgan fingerprint density at radius 1 is 1.12 bits per heavy atom. The van der Waals surface area contributed by atoms with E-state index in [1.54, 1.807) is 4.68 Å². The number of nitrogens with zero attached hydrogens (tertiary/aromatic N) is 7. The molecule has 2 unspecified atom stereocenters. The van der Waals surface area contributed by atoms with Crippen LogP contribution in [0.5, 0.6) is 0 Å². The second-order valence-electron chi connectivity index (χ2n) is 8.30. The standard InChI is InChI=1S/C22H31N7O3/c1-3-32-21(31)18-8-7-11-28(16-18)20(30)17(2)26-12-14-27(15-13-26)22-23-24-25-29(22)19-9-5-4-6-10-19/h4-6,9-10,17-18H,3,7-8,11-16H2,1-2H3. The van der Waals surface area contributed by atoms with Gasteiger partial charge < -0.3 is 14.5 Å². The van der Waals surface area contributed by atoms with Gasteiger partial charge in [0.2, 0.25) is 11.9 Å². The van der Waals surface area contributed by atoms with Crippen LogP contribution >= 0.6 is 0 Å². The molecule has 0 saturated carbocycles. The third kappa shape index (κ3) is 4.74. The first-order valence-electron chi connectivity index (χ1n) is 11.4. The number of likely N-dealkylation sites (tertiary alicyclic amines) is 1. The molecule has 0 spiro atoms. The number of hydrogen-bond donors (Lipinski definition) is 0. The molecular formula is C22H31N7O3. The summed E-state index contributed by atoms with van der Waals surface area (Å²) < 4.78 is 6.91. The van der Waals surface area contributed by atoms with Crippen LogP contribution in [0.2, 0.25) is 0 Å². The second kappa shape index (κ2) is 10.1. The van der Waals surface area contributed by atoms with E-state index >= 15 is 0 Å². The molecule has 10 nitrogen and oxygen atoms in total. The lowest BCUT2D eigenvalue weighted by Gasteiger charge is -2.40. The lowest BCUT2D eigenvalue weighted by molar-refractivity contribution is -0.152. The number of esters is 1. The van der Waals surface area contributed by atoms with E-state index in [1.807, 2.05) is 49.1 Å². The van der Waals surface area contributed by atoms with Crippen LogP contribution in [-0.2, 0) is 14.3 Å². The zero-order valence-electron chi connectivity index (χ0n) is 18.8. The number of aromatic nitrogens is 4. The number of rotatable bonds is 6. The van der Waals surface area contributed by atoms with Gasteiger partial charge in [0, 0.05) is 39.3 Å². The molecule has 10 heteroatoms. The summed E-state index contributed by atoms with van der Waals surface area (Å²) >= 11 is 0. The largest absolute Gasteiger partial charge is 0.466 e. The van der Waals surface area contributed by atoms with Gasteiger partial charge in [0.25, 0.3) is 0 Å². The molecule has 0 N–H and O–H groups in total. The van der Waals surface area contributed by atoms with Gasteiger partial charge in [-0.25, -0.2) is 0 Å². The summed E-state index contributed by atoms with van der Waals surface area (Å²) in [5.74, 6) is 0.389. The first-order valence-corrected chi connectivity index (χ1v) is 11.4. The Morgan fingerprint density at radius 2 is 1.88 bits per heavy atom. The summed E-state index contributed by atoms with van der Waals surface area (Å²) in [5.41, 5.74) is 0.916. The molecule has 172 valence electrons. The highest BCUT2D eigenvalue weighted by atomic mass is 16.5. The number of anilines is 1. The van der Waals surface area contributed by atoms with Crippen molar-refractivity contribution in [3.05, 3.63) is 30.3 Å². The summed E-state index contributed by atoms with van der Waals surface area (Å²) in [6.45, 7) is 8.24. The molecule has 2 saturated heterocycles. The minimum absolute atomic E-state index is 0.0848. The molecule has 2 aliphatic heterocycles. The van der Waals surface area contributed by atoms with Gasteiger partial charge in [0.05, 0.1) is 24.3 Å². The molecule has 32 heavy (non-hydrogen) atoms. The SMILES string of the molecule is CCOC(=O)C1CCCN(C(=O)C(C)N2CCN(c3nnnn3-c3ccccc3)CC2)C1. The topological polar surface area (TPSA) is 96.7 Å². The fourth-order valence-corrected chi connectivity index (χ4v) is 4.48. The molecule has 1 aromatic carbocycles. The maximum Gasteiger partial charge on any atom is 0.310 e. The molecule has 3 heterocycles. The molecule has 2 aliphatic rings. The first-order chi connectivity index (χ1) is 15.6. The van der Waals surface area contributed by atoms with E-state index in [0.717, 1.165) is 44.7 Å². The molecule has 1 aromatic heterocycles. The minimum Gasteiger partial charge on any atom is -0.466 e. The first kappa shape index (κ1) is 22.2. The maximum atomic E-state index is 13.2. The van der Waals surface area contributed by atoms with Crippen LogP contribution in [0.4, 0.5) is 5.95 Å². The van der Waals surface area contributed by atoms with Crippen LogP contribution in [0.1, 0.15) is 26.7 Å². The van der Waals surface area contributed by atoms with E-state index < -0.39 is 0 Å². The van der Waals surface area contributed by atoms with Crippen LogP contribution < -0.4 is 4.90 Å². The number of carbonyl (C=O) groups excluding carboxylic acids is 2. The average molecular weight is 442 g/mol.